The molecular formula is C14H26N2O4. The number of hydrogen-bond donors (Lipinski definition) is 2. The first kappa shape index (κ1) is 16.9. The number of rotatable bonds is 8. The smallest absolute Gasteiger partial charge is 0.303 e. The SMILES string of the molecule is CC(C)CC(CNC(=O)CCC(=O)O)N1CCOCC1. The van der Waals surface area contributed by atoms with Gasteiger partial charge in [-0.05, 0) is 12.3 Å². The van der Waals surface area contributed by atoms with Crippen molar-refractivity contribution in [3.05, 3.63) is 0 Å². The maximum Gasteiger partial charge on any atom is 0.303 e. The van der Waals surface area contributed by atoms with Crippen LogP contribution in [0.4, 0.5) is 0 Å². The highest BCUT2D eigenvalue weighted by Gasteiger charge is 2.22. The maximum atomic E-state index is 11.6. The molecule has 1 fully saturated rings. The Bertz CT molecular complexity index is 314. The van der Waals surface area contributed by atoms with Gasteiger partial charge in [0.15, 0.2) is 0 Å². The summed E-state index contributed by atoms with van der Waals surface area (Å²) >= 11 is 0. The highest BCUT2D eigenvalue weighted by molar-refractivity contribution is 5.80. The van der Waals surface area contributed by atoms with E-state index in [1.807, 2.05) is 0 Å². The van der Waals surface area contributed by atoms with Crippen molar-refractivity contribution in [2.24, 2.45) is 5.92 Å². The molecule has 6 nitrogen and oxygen atoms in total. The molecule has 1 saturated heterocycles. The van der Waals surface area contributed by atoms with Gasteiger partial charge >= 0.3 is 5.97 Å². The van der Waals surface area contributed by atoms with Crippen LogP contribution in [0.2, 0.25) is 0 Å². The first-order chi connectivity index (χ1) is 9.49. The first-order valence-electron chi connectivity index (χ1n) is 7.29. The fraction of sp³-hybridized carbons (Fsp3) is 0.857. The number of aliphatic carboxylic acids is 1. The first-order valence-corrected chi connectivity index (χ1v) is 7.29. The van der Waals surface area contributed by atoms with Crippen LogP contribution in [-0.2, 0) is 14.3 Å². The van der Waals surface area contributed by atoms with Crippen molar-refractivity contribution in [2.75, 3.05) is 32.8 Å². The van der Waals surface area contributed by atoms with E-state index in [9.17, 15) is 9.59 Å². The molecule has 0 aromatic heterocycles. The number of carbonyl (C=O) groups excluding carboxylic acids is 1. The monoisotopic (exact) mass is 286 g/mol. The standard InChI is InChI=1S/C14H26N2O4/c1-11(2)9-12(16-5-7-20-8-6-16)10-15-13(17)3-4-14(18)19/h11-12H,3-10H2,1-2H3,(H,15,17)(H,18,19). The van der Waals surface area contributed by atoms with Gasteiger partial charge in [0.25, 0.3) is 0 Å². The minimum atomic E-state index is -0.938. The molecule has 1 aliphatic heterocycles. The van der Waals surface area contributed by atoms with Crippen LogP contribution in [0, 0.1) is 5.92 Å². The molecule has 1 aliphatic rings. The molecule has 1 atom stereocenters. The quantitative estimate of drug-likeness (QED) is 0.687. The van der Waals surface area contributed by atoms with Crippen molar-refractivity contribution in [3.63, 3.8) is 0 Å². The van der Waals surface area contributed by atoms with E-state index in [1.54, 1.807) is 0 Å². The molecule has 6 heteroatoms. The lowest BCUT2D eigenvalue weighted by Crippen LogP contribution is -2.49. The third kappa shape index (κ3) is 6.86. The van der Waals surface area contributed by atoms with E-state index in [2.05, 4.69) is 24.1 Å². The zero-order chi connectivity index (χ0) is 15.0. The molecule has 1 amide bonds. The number of carboxylic acids is 1. The number of ether oxygens (including phenoxy) is 1. The van der Waals surface area contributed by atoms with Gasteiger partial charge in [0.05, 0.1) is 19.6 Å². The second-order valence-electron chi connectivity index (χ2n) is 5.63. The molecule has 20 heavy (non-hydrogen) atoms. The second kappa shape index (κ2) is 8.92. The Morgan fingerprint density at radius 3 is 2.45 bits per heavy atom. The van der Waals surface area contributed by atoms with E-state index in [0.29, 0.717) is 18.5 Å². The van der Waals surface area contributed by atoms with Crippen LogP contribution in [0.25, 0.3) is 0 Å². The largest absolute Gasteiger partial charge is 0.481 e. The number of carboxylic acid groups (broad SMARTS) is 1. The van der Waals surface area contributed by atoms with Crippen molar-refractivity contribution in [2.45, 2.75) is 39.2 Å². The van der Waals surface area contributed by atoms with Crippen LogP contribution < -0.4 is 5.32 Å². The maximum absolute atomic E-state index is 11.6. The van der Waals surface area contributed by atoms with E-state index < -0.39 is 5.97 Å². The van der Waals surface area contributed by atoms with E-state index in [0.717, 1.165) is 32.7 Å². The van der Waals surface area contributed by atoms with Gasteiger partial charge < -0.3 is 15.2 Å². The molecule has 0 saturated carbocycles. The average Bonchev–Trinajstić information content (AvgIpc) is 2.41. The van der Waals surface area contributed by atoms with Gasteiger partial charge in [-0.3, -0.25) is 14.5 Å². The van der Waals surface area contributed by atoms with Crippen LogP contribution in [0.5, 0.6) is 0 Å². The van der Waals surface area contributed by atoms with E-state index >= 15 is 0 Å². The van der Waals surface area contributed by atoms with Gasteiger partial charge in [0.2, 0.25) is 5.91 Å². The second-order valence-corrected chi connectivity index (χ2v) is 5.63. The lowest BCUT2D eigenvalue weighted by atomic mass is 10.0. The summed E-state index contributed by atoms with van der Waals surface area (Å²) in [5, 5.41) is 11.4. The van der Waals surface area contributed by atoms with E-state index in [1.165, 1.54) is 0 Å². The highest BCUT2D eigenvalue weighted by Crippen LogP contribution is 2.13. The van der Waals surface area contributed by atoms with Gasteiger partial charge in [-0.2, -0.15) is 0 Å². The lowest BCUT2D eigenvalue weighted by Gasteiger charge is -2.35. The summed E-state index contributed by atoms with van der Waals surface area (Å²) in [6, 6.07) is 0.299. The molecule has 0 aromatic rings. The summed E-state index contributed by atoms with van der Waals surface area (Å²) in [4.78, 5) is 24.4. The molecule has 0 spiro atoms. The van der Waals surface area contributed by atoms with Crippen molar-refractivity contribution in [1.29, 1.82) is 0 Å². The van der Waals surface area contributed by atoms with Crippen molar-refractivity contribution < 1.29 is 19.4 Å². The average molecular weight is 286 g/mol. The predicted molar refractivity (Wildman–Crippen MR) is 75.5 cm³/mol. The molecule has 0 radical (unpaired) electrons. The Morgan fingerprint density at radius 1 is 1.25 bits per heavy atom. The van der Waals surface area contributed by atoms with Gasteiger partial charge in [0, 0.05) is 32.1 Å². The summed E-state index contributed by atoms with van der Waals surface area (Å²) in [6.45, 7) is 8.17. The van der Waals surface area contributed by atoms with E-state index in [4.69, 9.17) is 9.84 Å². The zero-order valence-corrected chi connectivity index (χ0v) is 12.4. The van der Waals surface area contributed by atoms with Gasteiger partial charge in [0.1, 0.15) is 0 Å². The highest BCUT2D eigenvalue weighted by atomic mass is 16.5. The number of hydrogen-bond acceptors (Lipinski definition) is 4. The number of nitrogens with one attached hydrogen (secondary N) is 1. The minimum Gasteiger partial charge on any atom is -0.481 e. The third-order valence-corrected chi connectivity index (χ3v) is 3.41. The normalized spacial score (nSPS) is 17.9. The number of amides is 1. The van der Waals surface area contributed by atoms with Gasteiger partial charge in [-0.15, -0.1) is 0 Å². The molecular weight excluding hydrogens is 260 g/mol. The van der Waals surface area contributed by atoms with Crippen molar-refractivity contribution >= 4 is 11.9 Å². The van der Waals surface area contributed by atoms with Crippen molar-refractivity contribution in [3.8, 4) is 0 Å². The Balaban J connectivity index is 2.39. The van der Waals surface area contributed by atoms with Crippen LogP contribution in [-0.4, -0.2) is 60.8 Å². The molecule has 0 aromatic carbocycles. The van der Waals surface area contributed by atoms with Crippen molar-refractivity contribution in [1.82, 2.24) is 10.2 Å². The third-order valence-electron chi connectivity index (χ3n) is 3.41. The number of nitrogens with zero attached hydrogens (tertiary/aromatic N) is 1. The van der Waals surface area contributed by atoms with Crippen LogP contribution in [0.1, 0.15) is 33.1 Å². The van der Waals surface area contributed by atoms with Gasteiger partial charge in [-0.1, -0.05) is 13.8 Å². The summed E-state index contributed by atoms with van der Waals surface area (Å²) in [5.41, 5.74) is 0. The topological polar surface area (TPSA) is 78.9 Å². The fourth-order valence-corrected chi connectivity index (χ4v) is 2.39. The molecule has 1 heterocycles. The number of morpholine rings is 1. The summed E-state index contributed by atoms with van der Waals surface area (Å²) in [6.07, 6.45) is 0.949. The lowest BCUT2D eigenvalue weighted by molar-refractivity contribution is -0.138. The molecule has 2 N–H and O–H groups in total. The Hall–Kier alpha value is -1.14. The predicted octanol–water partition coefficient (Wildman–Crippen LogP) is 0.714. The fourth-order valence-electron chi connectivity index (χ4n) is 2.39. The zero-order valence-electron chi connectivity index (χ0n) is 12.4. The Labute approximate surface area is 120 Å². The summed E-state index contributed by atoms with van der Waals surface area (Å²) in [5.74, 6) is -0.569. The Kier molecular flexibility index (Phi) is 7.54. The molecule has 0 bridgehead atoms. The van der Waals surface area contributed by atoms with E-state index in [-0.39, 0.29) is 18.7 Å². The summed E-state index contributed by atoms with van der Waals surface area (Å²) < 4.78 is 5.35. The molecule has 1 rings (SSSR count). The van der Waals surface area contributed by atoms with Crippen LogP contribution >= 0.6 is 0 Å². The van der Waals surface area contributed by atoms with Crippen LogP contribution in [0.15, 0.2) is 0 Å². The minimum absolute atomic E-state index is 0.0485. The van der Waals surface area contributed by atoms with Gasteiger partial charge in [-0.25, -0.2) is 0 Å². The molecule has 1 unspecified atom stereocenters. The summed E-state index contributed by atoms with van der Waals surface area (Å²) in [7, 11) is 0. The molecule has 0 aliphatic carbocycles. The van der Waals surface area contributed by atoms with Crippen LogP contribution in [0.3, 0.4) is 0 Å². The molecule has 116 valence electrons. The number of carbonyl (C=O) groups is 2. The Morgan fingerprint density at radius 2 is 1.90 bits per heavy atom.